The van der Waals surface area contributed by atoms with E-state index in [1.54, 1.807) is 20.2 Å². The molecular weight excluding hydrogens is 126 g/mol. The molecule has 0 bridgehead atoms. The molecule has 0 atom stereocenters. The smallest absolute Gasteiger partial charge is 0.410 e. The van der Waals surface area contributed by atoms with Crippen LogP contribution in [0.5, 0.6) is 0 Å². The highest BCUT2D eigenvalue weighted by Crippen LogP contribution is 1.87. The van der Waals surface area contributed by atoms with Gasteiger partial charge >= 0.3 is 7.12 Å². The van der Waals surface area contributed by atoms with Gasteiger partial charge in [0.05, 0.1) is 0 Å². The lowest BCUT2D eigenvalue weighted by atomic mass is 9.92. The van der Waals surface area contributed by atoms with Crippen LogP contribution in [0.2, 0.25) is 0 Å². The molecule has 0 N–H and O–H groups in total. The molecule has 0 aromatic carbocycles. The summed E-state index contributed by atoms with van der Waals surface area (Å²) < 4.78 is 9.49. The second kappa shape index (κ2) is 5.16. The highest BCUT2D eigenvalue weighted by molar-refractivity contribution is 6.52. The fourth-order valence-corrected chi connectivity index (χ4v) is 0.432. The maximum Gasteiger partial charge on any atom is 0.486 e. The van der Waals surface area contributed by atoms with Crippen LogP contribution >= 0.6 is 11.6 Å². The summed E-state index contributed by atoms with van der Waals surface area (Å²) in [6.07, 6.45) is 0. The van der Waals surface area contributed by atoms with Gasteiger partial charge in [-0.2, -0.15) is 0 Å². The van der Waals surface area contributed by atoms with Crippen molar-refractivity contribution < 1.29 is 9.31 Å². The van der Waals surface area contributed by atoms with E-state index in [0.717, 1.165) is 0 Å². The molecule has 0 fully saturated rings. The van der Waals surface area contributed by atoms with Crippen molar-refractivity contribution in [1.82, 2.24) is 0 Å². The first-order chi connectivity index (χ1) is 3.85. The molecule has 0 unspecified atom stereocenters. The maximum absolute atomic E-state index is 5.21. The Hall–Kier alpha value is 0.0149. The molecule has 2 nitrogen and oxygen atoms in total. The van der Waals surface area contributed by atoms with Crippen molar-refractivity contribution >= 4 is 18.7 Å². The Morgan fingerprint density at radius 2 is 1.88 bits per heavy atom. The van der Waals surface area contributed by atoms with Crippen LogP contribution in [0.3, 0.4) is 0 Å². The van der Waals surface area contributed by atoms with Crippen molar-refractivity contribution in [3.05, 3.63) is 11.5 Å². The molecule has 0 saturated heterocycles. The monoisotopic (exact) mass is 134 g/mol. The Balaban J connectivity index is 3.36. The van der Waals surface area contributed by atoms with E-state index in [9.17, 15) is 0 Å². The highest BCUT2D eigenvalue weighted by atomic mass is 35.5. The summed E-state index contributed by atoms with van der Waals surface area (Å²) in [5.41, 5.74) is 1.36. The first-order valence-electron chi connectivity index (χ1n) is 2.17. The van der Waals surface area contributed by atoms with Gasteiger partial charge in [0.2, 0.25) is 0 Å². The van der Waals surface area contributed by atoms with E-state index in [-0.39, 0.29) is 7.12 Å². The molecule has 0 aromatic heterocycles. The van der Waals surface area contributed by atoms with Crippen LogP contribution < -0.4 is 0 Å². The van der Waals surface area contributed by atoms with Crippen LogP contribution in [0, 0.1) is 0 Å². The molecule has 8 heavy (non-hydrogen) atoms. The van der Waals surface area contributed by atoms with Gasteiger partial charge in [0, 0.05) is 14.2 Å². The van der Waals surface area contributed by atoms with Gasteiger partial charge in [0.25, 0.3) is 0 Å². The summed E-state index contributed by atoms with van der Waals surface area (Å²) >= 11 is 5.21. The zero-order valence-corrected chi connectivity index (χ0v) is 5.68. The van der Waals surface area contributed by atoms with E-state index in [4.69, 9.17) is 20.9 Å². The van der Waals surface area contributed by atoms with Crippen LogP contribution in [0.15, 0.2) is 11.5 Å². The lowest BCUT2D eigenvalue weighted by Crippen LogP contribution is -2.15. The Morgan fingerprint density at radius 1 is 1.38 bits per heavy atom. The predicted octanol–water partition coefficient (Wildman–Crippen LogP) is 1.06. The molecule has 0 aliphatic rings. The minimum Gasteiger partial charge on any atom is -0.410 e. The van der Waals surface area contributed by atoms with E-state index in [1.165, 1.54) is 5.54 Å². The van der Waals surface area contributed by atoms with E-state index < -0.39 is 0 Å². The second-order valence-electron chi connectivity index (χ2n) is 1.16. The molecule has 4 heteroatoms. The molecule has 0 spiro atoms. The van der Waals surface area contributed by atoms with E-state index in [2.05, 4.69) is 0 Å². The van der Waals surface area contributed by atoms with E-state index in [1.807, 2.05) is 0 Å². The molecule has 46 valence electrons. The predicted molar refractivity (Wildman–Crippen MR) is 34.8 cm³/mol. The third kappa shape index (κ3) is 3.07. The van der Waals surface area contributed by atoms with Crippen molar-refractivity contribution in [2.45, 2.75) is 0 Å². The van der Waals surface area contributed by atoms with Crippen molar-refractivity contribution in [3.8, 4) is 0 Å². The fourth-order valence-electron chi connectivity index (χ4n) is 0.313. The van der Waals surface area contributed by atoms with Gasteiger partial charge in [-0.15, -0.1) is 0 Å². The molecule has 0 rings (SSSR count). The normalized spacial score (nSPS) is 10.4. The third-order valence-corrected chi connectivity index (χ3v) is 0.840. The summed E-state index contributed by atoms with van der Waals surface area (Å²) in [5.74, 6) is 1.60. The fraction of sp³-hybridized carbons (Fsp3) is 0.500. The number of hydrogen-bond acceptors (Lipinski definition) is 2. The average Bonchev–Trinajstić information content (AvgIpc) is 1.83. The van der Waals surface area contributed by atoms with Crippen LogP contribution in [0.4, 0.5) is 0 Å². The molecule has 0 heterocycles. The zero-order chi connectivity index (χ0) is 6.41. The molecule has 0 amide bonds. The first-order valence-corrected chi connectivity index (χ1v) is 2.61. The second-order valence-corrected chi connectivity index (χ2v) is 1.41. The zero-order valence-electron chi connectivity index (χ0n) is 4.93. The van der Waals surface area contributed by atoms with Gasteiger partial charge in [-0.1, -0.05) is 11.6 Å². The number of rotatable bonds is 3. The van der Waals surface area contributed by atoms with Gasteiger partial charge in [-0.3, -0.25) is 0 Å². The first kappa shape index (κ1) is 8.01. The lowest BCUT2D eigenvalue weighted by molar-refractivity contribution is 0.290. The third-order valence-electron chi connectivity index (χ3n) is 0.694. The van der Waals surface area contributed by atoms with Crippen molar-refractivity contribution in [2.24, 2.45) is 0 Å². The lowest BCUT2D eigenvalue weighted by Gasteiger charge is -1.99. The Labute approximate surface area is 54.6 Å². The molecule has 0 aliphatic carbocycles. The molecular formula is C4H8BClO2. The topological polar surface area (TPSA) is 18.5 Å². The van der Waals surface area contributed by atoms with E-state index >= 15 is 0 Å². The minimum atomic E-state index is -0.313. The highest BCUT2D eigenvalue weighted by Gasteiger charge is 2.06. The quantitative estimate of drug-likeness (QED) is 0.537. The average molecular weight is 134 g/mol. The summed E-state index contributed by atoms with van der Waals surface area (Å²) in [4.78, 5) is 0. The van der Waals surface area contributed by atoms with Crippen molar-refractivity contribution in [3.63, 3.8) is 0 Å². The largest absolute Gasteiger partial charge is 0.486 e. The number of hydrogen-bond donors (Lipinski definition) is 0. The van der Waals surface area contributed by atoms with Crippen LogP contribution in [0.25, 0.3) is 0 Å². The van der Waals surface area contributed by atoms with Gasteiger partial charge in [-0.05, 0) is 11.5 Å². The summed E-state index contributed by atoms with van der Waals surface area (Å²) in [5, 5.41) is 0. The van der Waals surface area contributed by atoms with E-state index in [0.29, 0.717) is 0 Å². The van der Waals surface area contributed by atoms with Gasteiger partial charge in [-0.25, -0.2) is 0 Å². The summed E-state index contributed by atoms with van der Waals surface area (Å²) in [6, 6.07) is 0. The van der Waals surface area contributed by atoms with Gasteiger partial charge in [0.1, 0.15) is 0 Å². The minimum absolute atomic E-state index is 0.313. The van der Waals surface area contributed by atoms with Crippen LogP contribution in [-0.2, 0) is 9.31 Å². The molecule has 0 saturated carbocycles. The molecule has 0 radical (unpaired) electrons. The molecule has 0 aromatic rings. The Morgan fingerprint density at radius 3 is 2.00 bits per heavy atom. The van der Waals surface area contributed by atoms with Crippen LogP contribution in [0.1, 0.15) is 0 Å². The Bertz CT molecular complexity index is 72.4. The summed E-state index contributed by atoms with van der Waals surface area (Å²) in [6.45, 7) is 0. The molecule has 0 aliphatic heterocycles. The van der Waals surface area contributed by atoms with Crippen molar-refractivity contribution in [1.29, 1.82) is 0 Å². The van der Waals surface area contributed by atoms with Crippen LogP contribution in [-0.4, -0.2) is 21.3 Å². The summed E-state index contributed by atoms with van der Waals surface area (Å²) in [7, 11) is 2.78. The van der Waals surface area contributed by atoms with Gasteiger partial charge in [0.15, 0.2) is 0 Å². The standard InChI is InChI=1S/C4H8BClO2/c1-7-5(8-2)3-4-6/h3-4H,1-2H3. The number of halogens is 1. The Kier molecular flexibility index (Phi) is 5.17. The van der Waals surface area contributed by atoms with Gasteiger partial charge < -0.3 is 9.31 Å². The maximum atomic E-state index is 5.21. The van der Waals surface area contributed by atoms with Crippen molar-refractivity contribution in [2.75, 3.05) is 14.2 Å². The SMILES string of the molecule is COB(C=CCl)OC.